The molecule has 18 heavy (non-hydrogen) atoms. The standard InChI is InChI=1S/C8H9N5S5/c1-4(14-3)10-6-12-8(18-16-6)13-7-11-5(9-2)15-17-7/h1-3H3/b9-5?,10-4?,13-8-. The molecule has 0 aromatic carbocycles. The largest absolute Gasteiger partial charge is 0.260 e. The minimum absolute atomic E-state index is 0.692. The van der Waals surface area contributed by atoms with Crippen molar-refractivity contribution in [2.45, 2.75) is 6.92 Å². The van der Waals surface area contributed by atoms with E-state index in [4.69, 9.17) is 0 Å². The summed E-state index contributed by atoms with van der Waals surface area (Å²) in [6, 6.07) is 0. The van der Waals surface area contributed by atoms with E-state index in [-0.39, 0.29) is 0 Å². The van der Waals surface area contributed by atoms with Crippen molar-refractivity contribution in [3.63, 3.8) is 0 Å². The van der Waals surface area contributed by atoms with Gasteiger partial charge in [-0.1, -0.05) is 0 Å². The number of hydrogen-bond donors (Lipinski definition) is 0. The number of aliphatic imine (C=N–C) groups is 1. The highest BCUT2D eigenvalue weighted by molar-refractivity contribution is 8.13. The molecule has 0 spiro atoms. The second-order valence-electron chi connectivity index (χ2n) is 2.86. The summed E-state index contributed by atoms with van der Waals surface area (Å²) in [5, 5.41) is 2.43. The van der Waals surface area contributed by atoms with E-state index < -0.39 is 0 Å². The first kappa shape index (κ1) is 14.0. The first-order valence-electron chi connectivity index (χ1n) is 4.72. The Morgan fingerprint density at radius 3 is 2.39 bits per heavy atom. The fraction of sp³-hybridized carbons (Fsp3) is 0.375. The van der Waals surface area contributed by atoms with Gasteiger partial charge in [-0.05, 0) is 54.5 Å². The molecule has 2 aromatic heterocycles. The van der Waals surface area contributed by atoms with Crippen LogP contribution in [0, 0.1) is 0 Å². The van der Waals surface area contributed by atoms with Crippen molar-refractivity contribution in [1.29, 1.82) is 0 Å². The second-order valence-corrected chi connectivity index (χ2v) is 7.98. The first-order chi connectivity index (χ1) is 8.71. The van der Waals surface area contributed by atoms with Crippen LogP contribution in [0.5, 0.6) is 0 Å². The van der Waals surface area contributed by atoms with Crippen LogP contribution < -0.4 is 9.60 Å². The highest BCUT2D eigenvalue weighted by Gasteiger charge is 2.00. The molecular formula is C8H9N5S5. The summed E-state index contributed by atoms with van der Waals surface area (Å²) >= 11 is 1.61. The van der Waals surface area contributed by atoms with Crippen molar-refractivity contribution in [2.75, 3.05) is 13.3 Å². The van der Waals surface area contributed by atoms with Crippen LogP contribution in [0.25, 0.3) is 0 Å². The van der Waals surface area contributed by atoms with Crippen molar-refractivity contribution >= 4 is 68.4 Å². The lowest BCUT2D eigenvalue weighted by atomic mass is 10.8. The normalized spacial score (nSPS) is 14.5. The van der Waals surface area contributed by atoms with Gasteiger partial charge < -0.3 is 0 Å². The fourth-order valence-corrected chi connectivity index (χ4v) is 4.47. The summed E-state index contributed by atoms with van der Waals surface area (Å²) in [6.07, 6.45) is 1.99. The summed E-state index contributed by atoms with van der Waals surface area (Å²) in [6.45, 7) is 1.96. The SMILES string of the molecule is CN=c1nc(/N=c2/nc(N=C(C)SC)ss2)ss1. The van der Waals surface area contributed by atoms with Gasteiger partial charge in [0.05, 0.1) is 5.04 Å². The Balaban J connectivity index is 2.29. The van der Waals surface area contributed by atoms with Crippen LogP contribution in [-0.4, -0.2) is 28.3 Å². The third-order valence-electron chi connectivity index (χ3n) is 1.70. The Morgan fingerprint density at radius 1 is 1.06 bits per heavy atom. The molecule has 0 radical (unpaired) electrons. The zero-order valence-corrected chi connectivity index (χ0v) is 13.9. The Hall–Kier alpha value is -0.420. The maximum absolute atomic E-state index is 4.37. The molecule has 0 N–H and O–H groups in total. The molecule has 0 bridgehead atoms. The molecule has 96 valence electrons. The average Bonchev–Trinajstić information content (AvgIpc) is 2.99. The smallest absolute Gasteiger partial charge is 0.224 e. The van der Waals surface area contributed by atoms with Gasteiger partial charge >= 0.3 is 0 Å². The van der Waals surface area contributed by atoms with Crippen LogP contribution in [0.1, 0.15) is 6.92 Å². The van der Waals surface area contributed by atoms with Gasteiger partial charge in [-0.25, -0.2) is 4.99 Å². The van der Waals surface area contributed by atoms with Crippen molar-refractivity contribution in [1.82, 2.24) is 9.97 Å². The van der Waals surface area contributed by atoms with Gasteiger partial charge in [-0.15, -0.1) is 11.8 Å². The second kappa shape index (κ2) is 6.66. The minimum atomic E-state index is 0.692. The van der Waals surface area contributed by atoms with E-state index in [1.165, 1.54) is 41.4 Å². The molecule has 0 unspecified atom stereocenters. The van der Waals surface area contributed by atoms with Gasteiger partial charge in [-0.3, -0.25) is 4.99 Å². The molecular weight excluding hydrogens is 326 g/mol. The third kappa shape index (κ3) is 3.79. The maximum Gasteiger partial charge on any atom is 0.224 e. The Kier molecular flexibility index (Phi) is 5.18. The van der Waals surface area contributed by atoms with Crippen LogP contribution in [0.3, 0.4) is 0 Å². The van der Waals surface area contributed by atoms with E-state index in [9.17, 15) is 0 Å². The van der Waals surface area contributed by atoms with Crippen LogP contribution in [0.15, 0.2) is 15.0 Å². The number of thioether (sulfide) groups is 1. The Labute approximate surface area is 123 Å². The molecule has 10 heteroatoms. The summed E-state index contributed by atoms with van der Waals surface area (Å²) in [5.41, 5.74) is 0. The third-order valence-corrected chi connectivity index (χ3v) is 6.25. The maximum atomic E-state index is 4.37. The van der Waals surface area contributed by atoms with Gasteiger partial charge in [0, 0.05) is 7.05 Å². The molecule has 0 fully saturated rings. The molecule has 2 rings (SSSR count). The lowest BCUT2D eigenvalue weighted by Crippen LogP contribution is -1.98. The van der Waals surface area contributed by atoms with Gasteiger partial charge in [0.1, 0.15) is 0 Å². The van der Waals surface area contributed by atoms with E-state index in [0.29, 0.717) is 9.93 Å². The summed E-state index contributed by atoms with van der Waals surface area (Å²) < 4.78 is 0. The average molecular weight is 336 g/mol. The monoisotopic (exact) mass is 335 g/mol. The van der Waals surface area contributed by atoms with Gasteiger partial charge in [-0.2, -0.15) is 15.0 Å². The molecule has 0 aliphatic heterocycles. The highest BCUT2D eigenvalue weighted by Crippen LogP contribution is 2.20. The molecule has 0 atom stereocenters. The fourth-order valence-electron chi connectivity index (χ4n) is 0.868. The van der Waals surface area contributed by atoms with E-state index in [1.54, 1.807) is 18.8 Å². The van der Waals surface area contributed by atoms with Gasteiger partial charge in [0.2, 0.25) is 19.9 Å². The zero-order chi connectivity index (χ0) is 13.0. The van der Waals surface area contributed by atoms with Gasteiger partial charge in [0.25, 0.3) is 0 Å². The molecule has 0 aliphatic rings. The van der Waals surface area contributed by atoms with Crippen molar-refractivity contribution in [3.05, 3.63) is 9.60 Å². The molecule has 0 aliphatic carbocycles. The molecule has 0 saturated carbocycles. The Bertz CT molecular complexity index is 672. The predicted molar refractivity (Wildman–Crippen MR) is 83.0 cm³/mol. The highest BCUT2D eigenvalue weighted by atomic mass is 32.9. The lowest BCUT2D eigenvalue weighted by Gasteiger charge is -1.88. The molecule has 5 nitrogen and oxygen atoms in total. The zero-order valence-electron chi connectivity index (χ0n) is 9.78. The number of nitrogens with zero attached hydrogens (tertiary/aromatic N) is 5. The molecule has 0 saturated heterocycles. The quantitative estimate of drug-likeness (QED) is 0.481. The summed E-state index contributed by atoms with van der Waals surface area (Å²) in [5.74, 6) is 0. The lowest BCUT2D eigenvalue weighted by molar-refractivity contribution is 1.15. The van der Waals surface area contributed by atoms with Gasteiger partial charge in [0.15, 0.2) is 0 Å². The topological polar surface area (TPSA) is 62.9 Å². The van der Waals surface area contributed by atoms with E-state index in [2.05, 4.69) is 24.9 Å². The summed E-state index contributed by atoms with van der Waals surface area (Å²) in [4.78, 5) is 22.8. The number of aromatic nitrogens is 2. The molecule has 0 amide bonds. The Morgan fingerprint density at radius 2 is 1.72 bits per heavy atom. The van der Waals surface area contributed by atoms with Crippen LogP contribution in [-0.2, 0) is 0 Å². The van der Waals surface area contributed by atoms with E-state index >= 15 is 0 Å². The summed E-state index contributed by atoms with van der Waals surface area (Å²) in [7, 11) is 7.75. The molecule has 2 aromatic rings. The van der Waals surface area contributed by atoms with Crippen LogP contribution in [0.2, 0.25) is 0 Å². The van der Waals surface area contributed by atoms with Crippen LogP contribution >= 0.6 is 53.1 Å². The van der Waals surface area contributed by atoms with Crippen molar-refractivity contribution in [2.24, 2.45) is 15.0 Å². The van der Waals surface area contributed by atoms with E-state index in [1.807, 2.05) is 13.2 Å². The number of hydrogen-bond acceptors (Lipinski definition) is 10. The van der Waals surface area contributed by atoms with E-state index in [0.717, 1.165) is 15.0 Å². The van der Waals surface area contributed by atoms with Crippen LogP contribution in [0.4, 0.5) is 10.3 Å². The predicted octanol–water partition coefficient (Wildman–Crippen LogP) is 2.90. The minimum Gasteiger partial charge on any atom is -0.260 e. The van der Waals surface area contributed by atoms with Crippen molar-refractivity contribution in [3.8, 4) is 0 Å². The first-order valence-corrected chi connectivity index (χ1v) is 10.2. The molecule has 2 heterocycles. The van der Waals surface area contributed by atoms with Crippen molar-refractivity contribution < 1.29 is 0 Å². The number of rotatable bonds is 2.